The van der Waals surface area contributed by atoms with Crippen LogP contribution in [0.4, 0.5) is 5.95 Å². The normalized spacial score (nSPS) is 25.1. The van der Waals surface area contributed by atoms with E-state index in [1.54, 1.807) is 27.7 Å². The van der Waals surface area contributed by atoms with Gasteiger partial charge in [-0.1, -0.05) is 13.8 Å². The molecule has 17 nitrogen and oxygen atoms in total. The number of hydrogen-bond donors (Lipinski definition) is 5. The largest absolute Gasteiger partial charge is 0.479 e. The van der Waals surface area contributed by atoms with Crippen molar-refractivity contribution in [3.05, 3.63) is 6.33 Å². The molecule has 2 aromatic rings. The van der Waals surface area contributed by atoms with Gasteiger partial charge < -0.3 is 39.4 Å². The number of carbonyl (C=O) groups is 2. The van der Waals surface area contributed by atoms with Crippen molar-refractivity contribution in [1.29, 1.82) is 0 Å². The maximum Gasteiger partial charge on any atom is 0.342 e. The van der Waals surface area contributed by atoms with Gasteiger partial charge in [-0.15, -0.1) is 0 Å². The molecule has 1 aliphatic rings. The number of nitrogens with zero attached hydrogens (tertiary/aromatic N) is 4. The molecular weight excluding hydrogens is 577 g/mol. The molecule has 7 atom stereocenters. The van der Waals surface area contributed by atoms with Crippen LogP contribution in [-0.4, -0.2) is 98.5 Å². The van der Waals surface area contributed by atoms with Gasteiger partial charge in [0.25, 0.3) is 0 Å². The van der Waals surface area contributed by atoms with Gasteiger partial charge in [-0.2, -0.15) is 9.97 Å². The zero-order valence-corrected chi connectivity index (χ0v) is 25.4. The number of rotatable bonds is 15. The van der Waals surface area contributed by atoms with Crippen LogP contribution in [0, 0.1) is 0 Å². The number of carbonyl (C=O) groups excluding carboxylic acids is 2. The summed E-state index contributed by atoms with van der Waals surface area (Å²) in [5.74, 6) is -1.35. The summed E-state index contributed by atoms with van der Waals surface area (Å²) in [5.41, 5.74) is 4.31. The Balaban J connectivity index is 1.88. The summed E-state index contributed by atoms with van der Waals surface area (Å²) in [7, 11) is -2.84. The number of aliphatic hydroxyl groups is 2. The van der Waals surface area contributed by atoms with Crippen LogP contribution in [0.5, 0.6) is 5.88 Å². The van der Waals surface area contributed by atoms with Gasteiger partial charge in [-0.05, 0) is 33.6 Å². The van der Waals surface area contributed by atoms with Crippen molar-refractivity contribution in [3.63, 3.8) is 0 Å². The fraction of sp³-hybridized carbons (Fsp3) is 0.708. The smallest absolute Gasteiger partial charge is 0.342 e. The number of fused-ring (bicyclic) bond motifs is 1. The summed E-state index contributed by atoms with van der Waals surface area (Å²) in [6.07, 6.45) is -2.33. The molecule has 0 aliphatic carbocycles. The second-order valence-corrected chi connectivity index (χ2v) is 11.5. The zero-order chi connectivity index (χ0) is 31.2. The Labute approximate surface area is 243 Å². The van der Waals surface area contributed by atoms with Gasteiger partial charge in [0.1, 0.15) is 29.9 Å². The van der Waals surface area contributed by atoms with Crippen LogP contribution in [0.3, 0.4) is 0 Å². The number of methoxy groups -OCH3 is 1. The lowest BCUT2D eigenvalue weighted by Gasteiger charge is -2.29. The molecule has 6 N–H and O–H groups in total. The minimum atomic E-state index is -4.22. The number of anilines is 1. The summed E-state index contributed by atoms with van der Waals surface area (Å²) in [5, 5.41) is 27.6. The SMILES string of the molecule is CCOC(=O)[C@H](CC)NP(=O)(N[C@H](CC)C(=O)OCC)OC[C@H]1O[C@@H](n2cnc3c(OC)nc(N)nc32)[C@](C)(O)[C@@H]1O. The number of ether oxygens (including phenoxy) is 4. The van der Waals surface area contributed by atoms with Gasteiger partial charge >= 0.3 is 19.6 Å². The van der Waals surface area contributed by atoms with Crippen LogP contribution in [0.15, 0.2) is 6.33 Å². The summed E-state index contributed by atoms with van der Waals surface area (Å²) in [6.45, 7) is 7.62. The van der Waals surface area contributed by atoms with Gasteiger partial charge in [-0.3, -0.25) is 18.7 Å². The predicted octanol–water partition coefficient (Wildman–Crippen LogP) is 0.414. The zero-order valence-electron chi connectivity index (χ0n) is 24.5. The first-order valence-corrected chi connectivity index (χ1v) is 15.2. The molecule has 0 spiro atoms. The lowest BCUT2D eigenvalue weighted by molar-refractivity contribution is -0.145. The van der Waals surface area contributed by atoms with Crippen LogP contribution < -0.4 is 20.6 Å². The third kappa shape index (κ3) is 7.16. The summed E-state index contributed by atoms with van der Waals surface area (Å²) < 4.78 is 42.5. The first-order valence-electron chi connectivity index (χ1n) is 13.6. The third-order valence-electron chi connectivity index (χ3n) is 6.64. The molecule has 1 fully saturated rings. The molecule has 3 rings (SSSR count). The Morgan fingerprint density at radius 1 is 1.14 bits per heavy atom. The van der Waals surface area contributed by atoms with Crippen molar-refractivity contribution < 1.29 is 47.8 Å². The number of hydrogen-bond acceptors (Lipinski definition) is 14. The number of nitrogen functional groups attached to an aromatic ring is 1. The molecule has 0 saturated carbocycles. The number of nitrogens with one attached hydrogen (secondary N) is 2. The quantitative estimate of drug-likeness (QED) is 0.135. The summed E-state index contributed by atoms with van der Waals surface area (Å²) in [4.78, 5) is 37.3. The first-order chi connectivity index (χ1) is 19.8. The minimum Gasteiger partial charge on any atom is -0.479 e. The minimum absolute atomic E-state index is 0.0972. The van der Waals surface area contributed by atoms with E-state index in [4.69, 9.17) is 29.2 Å². The van der Waals surface area contributed by atoms with Crippen LogP contribution >= 0.6 is 7.67 Å². The van der Waals surface area contributed by atoms with Gasteiger partial charge in [-0.25, -0.2) is 15.2 Å². The van der Waals surface area contributed by atoms with E-state index in [2.05, 4.69) is 25.1 Å². The second-order valence-electron chi connectivity index (χ2n) is 9.64. The maximum absolute atomic E-state index is 14.1. The Morgan fingerprint density at radius 2 is 1.71 bits per heavy atom. The molecule has 1 unspecified atom stereocenters. The van der Waals surface area contributed by atoms with E-state index in [0.717, 1.165) is 0 Å². The standard InChI is InChI=1S/C24H40N7O10P/c1-7-13(20(33)38-9-3)29-42(36,30-14(8-2)21(34)39-10-4)40-11-15-17(32)24(5,35)22(41-15)31-12-26-16-18(31)27-23(25)28-19(16)37-6/h12-15,17,22,32,35H,7-11H2,1-6H3,(H2,25,27,28)(H2,29,30,36)/t13-,14+,15-,17-,22-,24-,42?/m1/s1. The lowest BCUT2D eigenvalue weighted by Crippen LogP contribution is -2.46. The summed E-state index contributed by atoms with van der Waals surface area (Å²) in [6, 6.07) is -2.10. The fourth-order valence-electron chi connectivity index (χ4n) is 4.41. The maximum atomic E-state index is 14.1. The monoisotopic (exact) mass is 617 g/mol. The predicted molar refractivity (Wildman–Crippen MR) is 148 cm³/mol. The highest BCUT2D eigenvalue weighted by Crippen LogP contribution is 2.44. The highest BCUT2D eigenvalue weighted by molar-refractivity contribution is 7.54. The third-order valence-corrected chi connectivity index (χ3v) is 8.45. The number of aromatic nitrogens is 4. The van der Waals surface area contributed by atoms with Crippen molar-refractivity contribution in [3.8, 4) is 5.88 Å². The van der Waals surface area contributed by atoms with Crippen molar-refractivity contribution in [2.45, 2.75) is 83.6 Å². The van der Waals surface area contributed by atoms with Gasteiger partial charge in [0.15, 0.2) is 17.4 Å². The Kier molecular flexibility index (Phi) is 11.2. The van der Waals surface area contributed by atoms with Crippen molar-refractivity contribution in [2.24, 2.45) is 0 Å². The molecule has 0 amide bonds. The van der Waals surface area contributed by atoms with Crippen LogP contribution in [0.25, 0.3) is 11.2 Å². The highest BCUT2D eigenvalue weighted by Gasteiger charge is 2.54. The Bertz CT molecular complexity index is 1260. The van der Waals surface area contributed by atoms with E-state index in [0.29, 0.717) is 0 Å². The molecular formula is C24H40N7O10P. The highest BCUT2D eigenvalue weighted by atomic mass is 31.2. The van der Waals surface area contributed by atoms with E-state index in [9.17, 15) is 24.4 Å². The molecule has 3 heterocycles. The van der Waals surface area contributed by atoms with Crippen LogP contribution in [-0.2, 0) is 32.9 Å². The second kappa shape index (κ2) is 14.0. The van der Waals surface area contributed by atoms with Crippen LogP contribution in [0.2, 0.25) is 0 Å². The molecule has 1 aliphatic heterocycles. The molecule has 18 heteroatoms. The molecule has 236 valence electrons. The number of imidazole rings is 1. The van der Waals surface area contributed by atoms with Gasteiger partial charge in [0.05, 0.1) is 33.3 Å². The number of nitrogens with two attached hydrogens (primary N) is 1. The molecule has 2 aromatic heterocycles. The van der Waals surface area contributed by atoms with E-state index in [-0.39, 0.29) is 49.0 Å². The van der Waals surface area contributed by atoms with Gasteiger partial charge in [0.2, 0.25) is 11.8 Å². The van der Waals surface area contributed by atoms with E-state index < -0.39 is 62.3 Å². The van der Waals surface area contributed by atoms with E-state index >= 15 is 0 Å². The molecule has 1 saturated heterocycles. The topological polar surface area (TPSA) is 232 Å². The molecule has 0 radical (unpaired) electrons. The lowest BCUT2D eigenvalue weighted by atomic mass is 9.96. The van der Waals surface area contributed by atoms with Crippen molar-refractivity contribution >= 4 is 36.7 Å². The number of aliphatic hydroxyl groups excluding tert-OH is 1. The molecule has 0 aromatic carbocycles. The summed E-state index contributed by atoms with van der Waals surface area (Å²) >= 11 is 0. The van der Waals surface area contributed by atoms with E-state index in [1.807, 2.05) is 0 Å². The fourth-order valence-corrected chi connectivity index (χ4v) is 6.38. The Morgan fingerprint density at radius 3 is 2.21 bits per heavy atom. The van der Waals surface area contributed by atoms with Crippen LogP contribution in [0.1, 0.15) is 53.7 Å². The first kappa shape index (κ1) is 33.6. The molecule has 42 heavy (non-hydrogen) atoms. The van der Waals surface area contributed by atoms with E-state index in [1.165, 1.54) is 24.9 Å². The Hall–Kier alpha value is -2.92. The van der Waals surface area contributed by atoms with Crippen molar-refractivity contribution in [1.82, 2.24) is 29.7 Å². The van der Waals surface area contributed by atoms with Crippen molar-refractivity contribution in [2.75, 3.05) is 32.7 Å². The average molecular weight is 618 g/mol. The molecule has 0 bridgehead atoms. The van der Waals surface area contributed by atoms with Gasteiger partial charge in [0, 0.05) is 0 Å². The number of esters is 2. The average Bonchev–Trinajstić information content (AvgIpc) is 3.46.